The summed E-state index contributed by atoms with van der Waals surface area (Å²) in [6.07, 6.45) is 5.76. The molecule has 0 fully saturated rings. The molecule has 0 aromatic carbocycles. The highest BCUT2D eigenvalue weighted by Gasteiger charge is 2.12. The number of thiazole rings is 1. The number of fused-ring (bicyclic) bond motifs is 1. The predicted octanol–water partition coefficient (Wildman–Crippen LogP) is 2.16. The summed E-state index contributed by atoms with van der Waals surface area (Å²) in [6.45, 7) is 6.62. The standard InChI is InChI=1S/C16H24N6S/c1-11-14(23-12(2)20-11)9-19-16(17-3)18-8-13-10-22-7-5-4-6-15(22)21-13/h10H,4-9H2,1-3H3,(H2,17,18,19). The van der Waals surface area contributed by atoms with Gasteiger partial charge in [-0.2, -0.15) is 0 Å². The topological polar surface area (TPSA) is 67.1 Å². The normalized spacial score (nSPS) is 14.7. The Labute approximate surface area is 141 Å². The van der Waals surface area contributed by atoms with Gasteiger partial charge >= 0.3 is 0 Å². The van der Waals surface area contributed by atoms with E-state index in [-0.39, 0.29) is 0 Å². The van der Waals surface area contributed by atoms with Crippen LogP contribution in [0.4, 0.5) is 0 Å². The van der Waals surface area contributed by atoms with Crippen molar-refractivity contribution in [2.45, 2.75) is 52.7 Å². The number of aryl methyl sites for hydroxylation is 4. The van der Waals surface area contributed by atoms with Crippen LogP contribution < -0.4 is 10.6 Å². The number of guanidine groups is 1. The minimum atomic E-state index is 0.695. The van der Waals surface area contributed by atoms with Crippen molar-refractivity contribution in [2.24, 2.45) is 4.99 Å². The van der Waals surface area contributed by atoms with Crippen LogP contribution in [-0.2, 0) is 26.1 Å². The molecule has 23 heavy (non-hydrogen) atoms. The van der Waals surface area contributed by atoms with Crippen LogP contribution in [0.15, 0.2) is 11.2 Å². The third kappa shape index (κ3) is 3.90. The number of hydrogen-bond acceptors (Lipinski definition) is 4. The lowest BCUT2D eigenvalue weighted by atomic mass is 10.2. The third-order valence-corrected chi connectivity index (χ3v) is 5.11. The second-order valence-electron chi connectivity index (χ2n) is 5.82. The first kappa shape index (κ1) is 16.0. The van der Waals surface area contributed by atoms with E-state index in [1.807, 2.05) is 13.8 Å². The fourth-order valence-corrected chi connectivity index (χ4v) is 3.73. The Morgan fingerprint density at radius 3 is 2.78 bits per heavy atom. The monoisotopic (exact) mass is 332 g/mol. The van der Waals surface area contributed by atoms with Gasteiger partial charge in [-0.25, -0.2) is 9.97 Å². The molecule has 2 aromatic heterocycles. The number of nitrogens with zero attached hydrogens (tertiary/aromatic N) is 4. The number of aliphatic imine (C=N–C) groups is 1. The van der Waals surface area contributed by atoms with Gasteiger partial charge in [0, 0.05) is 31.1 Å². The molecular formula is C16H24N6S. The summed E-state index contributed by atoms with van der Waals surface area (Å²) in [6, 6.07) is 0. The largest absolute Gasteiger partial charge is 0.351 e. The van der Waals surface area contributed by atoms with Crippen molar-refractivity contribution in [1.29, 1.82) is 0 Å². The summed E-state index contributed by atoms with van der Waals surface area (Å²) in [5, 5.41) is 7.79. The summed E-state index contributed by atoms with van der Waals surface area (Å²) < 4.78 is 2.28. The maximum Gasteiger partial charge on any atom is 0.191 e. The zero-order chi connectivity index (χ0) is 16.2. The molecular weight excluding hydrogens is 308 g/mol. The minimum absolute atomic E-state index is 0.695. The van der Waals surface area contributed by atoms with E-state index in [1.165, 1.54) is 23.5 Å². The molecule has 0 spiro atoms. The second kappa shape index (κ2) is 7.12. The molecule has 1 aliphatic rings. The molecule has 3 rings (SSSR count). The summed E-state index contributed by atoms with van der Waals surface area (Å²) in [4.78, 5) is 14.7. The maximum atomic E-state index is 4.70. The number of rotatable bonds is 4. The Balaban J connectivity index is 1.53. The van der Waals surface area contributed by atoms with E-state index in [0.29, 0.717) is 6.54 Å². The van der Waals surface area contributed by atoms with Crippen LogP contribution in [0.25, 0.3) is 0 Å². The van der Waals surface area contributed by atoms with Crippen LogP contribution in [-0.4, -0.2) is 27.5 Å². The van der Waals surface area contributed by atoms with Crippen LogP contribution in [0.2, 0.25) is 0 Å². The lowest BCUT2D eigenvalue weighted by Gasteiger charge is -2.11. The molecule has 0 unspecified atom stereocenters. The lowest BCUT2D eigenvalue weighted by Crippen LogP contribution is -2.36. The highest BCUT2D eigenvalue weighted by atomic mass is 32.1. The smallest absolute Gasteiger partial charge is 0.191 e. The molecule has 3 heterocycles. The first-order chi connectivity index (χ1) is 11.2. The van der Waals surface area contributed by atoms with Crippen LogP contribution in [0.1, 0.15) is 39.9 Å². The first-order valence-electron chi connectivity index (χ1n) is 8.08. The Hall–Kier alpha value is -1.89. The summed E-state index contributed by atoms with van der Waals surface area (Å²) in [5.41, 5.74) is 2.17. The number of hydrogen-bond donors (Lipinski definition) is 2. The van der Waals surface area contributed by atoms with Gasteiger partial charge in [0.05, 0.1) is 29.5 Å². The summed E-state index contributed by atoms with van der Waals surface area (Å²) in [7, 11) is 1.79. The molecule has 0 atom stereocenters. The SMILES string of the molecule is CN=C(NCc1cn2c(n1)CCCC2)NCc1sc(C)nc1C. The molecule has 6 nitrogen and oxygen atoms in total. The second-order valence-corrected chi connectivity index (χ2v) is 7.11. The summed E-state index contributed by atoms with van der Waals surface area (Å²) in [5.74, 6) is 2.01. The van der Waals surface area contributed by atoms with Crippen LogP contribution in [0.3, 0.4) is 0 Å². The molecule has 0 saturated heterocycles. The quantitative estimate of drug-likeness (QED) is 0.665. The molecule has 2 aromatic rings. The lowest BCUT2D eigenvalue weighted by molar-refractivity contribution is 0.522. The van der Waals surface area contributed by atoms with Crippen LogP contribution >= 0.6 is 11.3 Å². The Bertz CT molecular complexity index is 676. The van der Waals surface area contributed by atoms with E-state index in [0.717, 1.165) is 41.9 Å². The van der Waals surface area contributed by atoms with Crippen LogP contribution in [0, 0.1) is 13.8 Å². The van der Waals surface area contributed by atoms with Crippen molar-refractivity contribution in [1.82, 2.24) is 25.2 Å². The highest BCUT2D eigenvalue weighted by molar-refractivity contribution is 7.11. The number of nitrogens with one attached hydrogen (secondary N) is 2. The van der Waals surface area contributed by atoms with E-state index in [9.17, 15) is 0 Å². The van der Waals surface area contributed by atoms with Gasteiger partial charge in [0.1, 0.15) is 5.82 Å². The van der Waals surface area contributed by atoms with Crippen molar-refractivity contribution in [3.63, 3.8) is 0 Å². The van der Waals surface area contributed by atoms with Gasteiger partial charge < -0.3 is 15.2 Å². The first-order valence-corrected chi connectivity index (χ1v) is 8.89. The minimum Gasteiger partial charge on any atom is -0.351 e. The molecule has 7 heteroatoms. The molecule has 0 bridgehead atoms. The average Bonchev–Trinajstić information content (AvgIpc) is 3.09. The van der Waals surface area contributed by atoms with Crippen molar-refractivity contribution < 1.29 is 0 Å². The molecule has 124 valence electrons. The molecule has 2 N–H and O–H groups in total. The fraction of sp³-hybridized carbons (Fsp3) is 0.562. The summed E-state index contributed by atoms with van der Waals surface area (Å²) >= 11 is 1.73. The number of aromatic nitrogens is 3. The van der Waals surface area contributed by atoms with Gasteiger partial charge in [-0.3, -0.25) is 4.99 Å². The zero-order valence-electron chi connectivity index (χ0n) is 14.0. The molecule has 1 aliphatic heterocycles. The van der Waals surface area contributed by atoms with Crippen molar-refractivity contribution in [2.75, 3.05) is 7.05 Å². The molecule has 0 amide bonds. The molecule has 0 aliphatic carbocycles. The van der Waals surface area contributed by atoms with E-state index < -0.39 is 0 Å². The van der Waals surface area contributed by atoms with Gasteiger partial charge in [0.15, 0.2) is 5.96 Å². The van der Waals surface area contributed by atoms with E-state index in [2.05, 4.69) is 31.4 Å². The van der Waals surface area contributed by atoms with Gasteiger partial charge in [-0.1, -0.05) is 0 Å². The number of imidazole rings is 1. The van der Waals surface area contributed by atoms with E-state index in [1.54, 1.807) is 18.4 Å². The Kier molecular flexibility index (Phi) is 4.95. The fourth-order valence-electron chi connectivity index (χ4n) is 2.85. The van der Waals surface area contributed by atoms with Crippen molar-refractivity contribution in [3.05, 3.63) is 33.3 Å². The average molecular weight is 332 g/mol. The van der Waals surface area contributed by atoms with Crippen molar-refractivity contribution >= 4 is 17.3 Å². The zero-order valence-corrected chi connectivity index (χ0v) is 14.8. The van der Waals surface area contributed by atoms with Gasteiger partial charge in [0.2, 0.25) is 0 Å². The van der Waals surface area contributed by atoms with Gasteiger partial charge in [0.25, 0.3) is 0 Å². The van der Waals surface area contributed by atoms with Crippen molar-refractivity contribution in [3.8, 4) is 0 Å². The Morgan fingerprint density at radius 1 is 1.26 bits per heavy atom. The van der Waals surface area contributed by atoms with Gasteiger partial charge in [-0.15, -0.1) is 11.3 Å². The van der Waals surface area contributed by atoms with Crippen LogP contribution in [0.5, 0.6) is 0 Å². The van der Waals surface area contributed by atoms with E-state index in [4.69, 9.17) is 4.98 Å². The van der Waals surface area contributed by atoms with E-state index >= 15 is 0 Å². The third-order valence-electron chi connectivity index (χ3n) is 4.04. The molecule has 0 saturated carbocycles. The molecule has 0 radical (unpaired) electrons. The Morgan fingerprint density at radius 2 is 2.09 bits per heavy atom. The predicted molar refractivity (Wildman–Crippen MR) is 93.8 cm³/mol. The van der Waals surface area contributed by atoms with Gasteiger partial charge in [-0.05, 0) is 26.7 Å². The maximum absolute atomic E-state index is 4.70. The highest BCUT2D eigenvalue weighted by Crippen LogP contribution is 2.16.